The number of nitrogens with zero attached hydrogens (tertiary/aromatic N) is 1. The van der Waals surface area contributed by atoms with Crippen LogP contribution in [0.15, 0.2) is 42.5 Å². The Balaban J connectivity index is 1.33. The van der Waals surface area contributed by atoms with Gasteiger partial charge in [0.1, 0.15) is 11.0 Å². The highest BCUT2D eigenvalue weighted by Gasteiger charge is 2.63. The van der Waals surface area contributed by atoms with Crippen molar-refractivity contribution >= 4 is 24.2 Å². The van der Waals surface area contributed by atoms with Gasteiger partial charge in [0.2, 0.25) is 0 Å². The van der Waals surface area contributed by atoms with Gasteiger partial charge in [-0.25, -0.2) is 8.51 Å². The summed E-state index contributed by atoms with van der Waals surface area (Å²) in [5.74, 6) is 5.83. The fraction of sp³-hybridized carbons (Fsp3) is 0.700. The summed E-state index contributed by atoms with van der Waals surface area (Å²) in [6.45, 7) is 10.9. The van der Waals surface area contributed by atoms with Crippen molar-refractivity contribution in [1.29, 1.82) is 0 Å². The van der Waals surface area contributed by atoms with Gasteiger partial charge in [0.05, 0.1) is 10.8 Å². The zero-order chi connectivity index (χ0) is 30.6. The van der Waals surface area contributed by atoms with Crippen LogP contribution in [0.2, 0.25) is 0 Å². The van der Waals surface area contributed by atoms with Crippen LogP contribution in [0.1, 0.15) is 126 Å². The fourth-order valence-corrected chi connectivity index (χ4v) is 19.5. The predicted molar refractivity (Wildman–Crippen MR) is 188 cm³/mol. The molecule has 0 radical (unpaired) electrons. The molecule has 2 aromatic rings. The van der Waals surface area contributed by atoms with Gasteiger partial charge in [0.15, 0.2) is 0 Å². The zero-order valence-corrected chi connectivity index (χ0v) is 30.0. The summed E-state index contributed by atoms with van der Waals surface area (Å²) in [5.41, 5.74) is 5.42. The van der Waals surface area contributed by atoms with Crippen molar-refractivity contribution in [3.05, 3.63) is 64.7 Å². The molecule has 2 aromatic carbocycles. The Kier molecular flexibility index (Phi) is 7.41. The van der Waals surface area contributed by atoms with Crippen LogP contribution in [0.5, 0.6) is 0 Å². The maximum absolute atomic E-state index is 14.3. The lowest BCUT2D eigenvalue weighted by atomic mass is 9.55. The monoisotopic (exact) mass is 629 g/mol. The molecule has 238 valence electrons. The third kappa shape index (κ3) is 5.04. The Hall–Kier alpha value is -1.02. The van der Waals surface area contributed by atoms with Gasteiger partial charge in [-0.1, -0.05) is 61.5 Å². The Labute approximate surface area is 271 Å². The molecule has 4 heteroatoms. The quantitative estimate of drug-likeness (QED) is 0.279. The normalized spacial score (nSPS) is 39.2. The Morgan fingerprint density at radius 3 is 1.55 bits per heavy atom. The van der Waals surface area contributed by atoms with E-state index in [-0.39, 0.29) is 18.7 Å². The molecule has 0 aliphatic heterocycles. The molecule has 8 bridgehead atoms. The van der Waals surface area contributed by atoms with E-state index in [4.69, 9.17) is 0 Å². The average molecular weight is 630 g/mol. The van der Waals surface area contributed by atoms with Gasteiger partial charge in [-0.05, 0) is 174 Å². The molecule has 8 saturated carbocycles. The molecular formula is C40H56NOPS. The van der Waals surface area contributed by atoms with Crippen molar-refractivity contribution in [3.63, 3.8) is 0 Å². The minimum absolute atomic E-state index is 0.00215. The summed E-state index contributed by atoms with van der Waals surface area (Å²) in [7, 11) is 0.663. The lowest BCUT2D eigenvalue weighted by Gasteiger charge is -2.67. The molecule has 2 atom stereocenters. The van der Waals surface area contributed by atoms with Gasteiger partial charge in [-0.15, -0.1) is 0 Å². The lowest BCUT2D eigenvalue weighted by Crippen LogP contribution is -2.58. The molecule has 0 spiro atoms. The van der Waals surface area contributed by atoms with E-state index in [9.17, 15) is 4.21 Å². The minimum atomic E-state index is -1.13. The van der Waals surface area contributed by atoms with Crippen LogP contribution >= 0.6 is 7.92 Å². The van der Waals surface area contributed by atoms with Crippen LogP contribution in [-0.4, -0.2) is 30.6 Å². The van der Waals surface area contributed by atoms with E-state index in [0.29, 0.717) is 10.3 Å². The smallest absolute Gasteiger partial charge is 0.100 e. The van der Waals surface area contributed by atoms with E-state index in [1.165, 1.54) is 99.3 Å². The molecular weight excluding hydrogens is 573 g/mol. The van der Waals surface area contributed by atoms with E-state index < -0.39 is 11.0 Å². The third-order valence-electron chi connectivity index (χ3n) is 13.1. The zero-order valence-electron chi connectivity index (χ0n) is 28.3. The van der Waals surface area contributed by atoms with E-state index >= 15 is 0 Å². The van der Waals surface area contributed by atoms with Crippen LogP contribution in [0.4, 0.5) is 0 Å². The van der Waals surface area contributed by atoms with Crippen LogP contribution in [0, 0.1) is 49.4 Å². The molecule has 0 saturated heterocycles. The molecule has 2 nitrogen and oxygen atoms in total. The van der Waals surface area contributed by atoms with Crippen LogP contribution < -0.4 is 5.30 Å². The predicted octanol–water partition coefficient (Wildman–Crippen LogP) is 9.83. The minimum Gasteiger partial charge on any atom is -0.242 e. The standard InChI is InChI=1S/C40H56NOPS/c1-26-11-27(2)13-34(12-26)37(41(6)44(42)38(3,4)5)35-9-7-8-10-36(35)43(39-20-28-14-29(21-39)16-30(15-28)22-39)40-23-31-17-32(24-40)19-33(18-31)25-40/h7-13,28-33,37H,14-25H2,1-6H3. The number of hydrogen-bond acceptors (Lipinski definition) is 1. The summed E-state index contributed by atoms with van der Waals surface area (Å²) in [6, 6.07) is 16.9. The highest BCUT2D eigenvalue weighted by molar-refractivity contribution is 7.84. The second-order valence-corrected chi connectivity index (χ2v) is 23.3. The van der Waals surface area contributed by atoms with Gasteiger partial charge < -0.3 is 0 Å². The highest BCUT2D eigenvalue weighted by Crippen LogP contribution is 2.78. The SMILES string of the molecule is Cc1cc(C)cc(C(c2ccccc2P(C23CC4CC(CC(C4)C2)C3)C23CC4CC(CC(C4)C2)C3)N(C)S(=O)C(C)(C)C)c1. The third-order valence-corrected chi connectivity index (χ3v) is 18.8. The maximum atomic E-state index is 14.3. The fourth-order valence-electron chi connectivity index (χ4n) is 12.9. The summed E-state index contributed by atoms with van der Waals surface area (Å²) in [4.78, 5) is 0. The highest BCUT2D eigenvalue weighted by atomic mass is 32.2. The number of benzene rings is 2. The molecule has 10 rings (SSSR count). The molecule has 8 aliphatic rings. The molecule has 0 heterocycles. The molecule has 2 unspecified atom stereocenters. The first-order chi connectivity index (χ1) is 20.9. The summed E-state index contributed by atoms with van der Waals surface area (Å²) < 4.78 is 16.2. The first-order valence-corrected chi connectivity index (χ1v) is 20.5. The maximum Gasteiger partial charge on any atom is 0.100 e. The Morgan fingerprint density at radius 2 is 1.14 bits per heavy atom. The van der Waals surface area contributed by atoms with Gasteiger partial charge in [-0.2, -0.15) is 0 Å². The van der Waals surface area contributed by atoms with E-state index in [0.717, 1.165) is 35.5 Å². The largest absolute Gasteiger partial charge is 0.242 e. The summed E-state index contributed by atoms with van der Waals surface area (Å²) >= 11 is 0. The van der Waals surface area contributed by atoms with Crippen LogP contribution in [0.25, 0.3) is 0 Å². The van der Waals surface area contributed by atoms with Crippen molar-refractivity contribution in [1.82, 2.24) is 4.31 Å². The first kappa shape index (κ1) is 30.3. The molecule has 0 N–H and O–H groups in total. The number of rotatable bonds is 7. The van der Waals surface area contributed by atoms with Crippen LogP contribution in [-0.2, 0) is 11.0 Å². The van der Waals surface area contributed by atoms with Gasteiger partial charge in [-0.3, -0.25) is 0 Å². The van der Waals surface area contributed by atoms with Crippen molar-refractivity contribution in [2.75, 3.05) is 7.05 Å². The lowest BCUT2D eigenvalue weighted by molar-refractivity contribution is 0.0195. The van der Waals surface area contributed by atoms with E-state index in [1.54, 1.807) is 5.30 Å². The molecule has 44 heavy (non-hydrogen) atoms. The summed E-state index contributed by atoms with van der Waals surface area (Å²) in [5, 5.41) is 2.75. The van der Waals surface area contributed by atoms with E-state index in [1.807, 2.05) is 0 Å². The van der Waals surface area contributed by atoms with Crippen molar-refractivity contribution < 1.29 is 4.21 Å². The van der Waals surface area contributed by atoms with Crippen molar-refractivity contribution in [2.24, 2.45) is 35.5 Å². The van der Waals surface area contributed by atoms with E-state index in [2.05, 4.69) is 88.4 Å². The molecule has 8 aliphatic carbocycles. The molecule has 8 fully saturated rings. The average Bonchev–Trinajstić information content (AvgIpc) is 2.91. The van der Waals surface area contributed by atoms with Gasteiger partial charge in [0.25, 0.3) is 0 Å². The number of hydrogen-bond donors (Lipinski definition) is 0. The molecule has 0 aromatic heterocycles. The van der Waals surface area contributed by atoms with Gasteiger partial charge in [0, 0.05) is 7.05 Å². The Bertz CT molecular complexity index is 1320. The first-order valence-electron chi connectivity index (χ1n) is 18.0. The second-order valence-electron chi connectivity index (χ2n) is 17.9. The second kappa shape index (κ2) is 10.8. The van der Waals surface area contributed by atoms with Gasteiger partial charge >= 0.3 is 0 Å². The van der Waals surface area contributed by atoms with Crippen molar-refractivity contribution in [2.45, 2.75) is 133 Å². The Morgan fingerprint density at radius 1 is 0.727 bits per heavy atom. The van der Waals surface area contributed by atoms with Crippen LogP contribution in [0.3, 0.4) is 0 Å². The van der Waals surface area contributed by atoms with Crippen molar-refractivity contribution in [3.8, 4) is 0 Å². The topological polar surface area (TPSA) is 20.3 Å². The summed E-state index contributed by atoms with van der Waals surface area (Å²) in [6.07, 6.45) is 18.1. The number of aryl methyl sites for hydroxylation is 2. The molecule has 0 amide bonds.